The molecule has 1 aliphatic rings. The summed E-state index contributed by atoms with van der Waals surface area (Å²) in [5, 5.41) is 3.29. The minimum absolute atomic E-state index is 0.0122. The van der Waals surface area contributed by atoms with Crippen molar-refractivity contribution < 1.29 is 9.18 Å². The van der Waals surface area contributed by atoms with Gasteiger partial charge in [0.15, 0.2) is 5.82 Å². The molecule has 2 rings (SSSR count). The zero-order valence-corrected chi connectivity index (χ0v) is 11.7. The molecule has 1 saturated heterocycles. The number of nitrogens with one attached hydrogen (secondary N) is 1. The van der Waals surface area contributed by atoms with Crippen LogP contribution in [0.15, 0.2) is 18.2 Å². The second-order valence-electron chi connectivity index (χ2n) is 4.85. The lowest BCUT2D eigenvalue weighted by Crippen LogP contribution is -2.38. The number of amides is 1. The molecule has 5 heteroatoms. The molecule has 1 atom stereocenters. The van der Waals surface area contributed by atoms with Gasteiger partial charge in [-0.3, -0.25) is 4.79 Å². The molecule has 0 aromatic heterocycles. The van der Waals surface area contributed by atoms with Gasteiger partial charge in [-0.25, -0.2) is 4.39 Å². The van der Waals surface area contributed by atoms with Gasteiger partial charge in [0.25, 0.3) is 5.91 Å². The maximum Gasteiger partial charge on any atom is 0.256 e. The largest absolute Gasteiger partial charge is 0.339 e. The van der Waals surface area contributed by atoms with E-state index in [1.165, 1.54) is 12.1 Å². The van der Waals surface area contributed by atoms with Crippen LogP contribution in [0.2, 0.25) is 5.02 Å². The summed E-state index contributed by atoms with van der Waals surface area (Å²) in [6.07, 6.45) is 2.86. The summed E-state index contributed by atoms with van der Waals surface area (Å²) in [4.78, 5) is 14.0. The van der Waals surface area contributed by atoms with Crippen molar-refractivity contribution in [1.29, 1.82) is 0 Å². The van der Waals surface area contributed by atoms with E-state index in [1.54, 1.807) is 18.0 Å². The maximum atomic E-state index is 13.9. The van der Waals surface area contributed by atoms with Crippen molar-refractivity contribution in [2.75, 3.05) is 20.1 Å². The van der Waals surface area contributed by atoms with Gasteiger partial charge in [-0.15, -0.1) is 0 Å². The molecule has 104 valence electrons. The van der Waals surface area contributed by atoms with Crippen LogP contribution >= 0.6 is 11.6 Å². The fraction of sp³-hybridized carbons (Fsp3) is 0.500. The first kappa shape index (κ1) is 14.3. The number of halogens is 2. The van der Waals surface area contributed by atoms with Crippen LogP contribution in [-0.2, 0) is 0 Å². The molecular weight excluding hydrogens is 267 g/mol. The normalized spacial score (nSPS) is 19.8. The van der Waals surface area contributed by atoms with Crippen molar-refractivity contribution in [1.82, 2.24) is 10.2 Å². The summed E-state index contributed by atoms with van der Waals surface area (Å²) in [7, 11) is 1.73. The lowest BCUT2D eigenvalue weighted by molar-refractivity contribution is 0.0715. The van der Waals surface area contributed by atoms with Crippen molar-refractivity contribution >= 4 is 17.5 Å². The number of carbonyl (C=O) groups is 1. The number of benzene rings is 1. The summed E-state index contributed by atoms with van der Waals surface area (Å²) in [6.45, 7) is 1.87. The van der Waals surface area contributed by atoms with Crippen LogP contribution in [0.25, 0.3) is 0 Å². The van der Waals surface area contributed by atoms with Crippen LogP contribution in [0.3, 0.4) is 0 Å². The highest BCUT2D eigenvalue weighted by molar-refractivity contribution is 6.31. The molecule has 1 heterocycles. The van der Waals surface area contributed by atoms with Gasteiger partial charge in [0.05, 0.1) is 10.6 Å². The predicted octanol–water partition coefficient (Wildman–Crippen LogP) is 2.69. The van der Waals surface area contributed by atoms with Gasteiger partial charge in [-0.2, -0.15) is 0 Å². The topological polar surface area (TPSA) is 32.3 Å². The third kappa shape index (κ3) is 3.25. The molecule has 1 aromatic rings. The molecule has 1 N–H and O–H groups in total. The Labute approximate surface area is 117 Å². The van der Waals surface area contributed by atoms with Crippen LogP contribution in [0.5, 0.6) is 0 Å². The fourth-order valence-corrected chi connectivity index (χ4v) is 2.59. The van der Waals surface area contributed by atoms with Crippen LogP contribution < -0.4 is 5.32 Å². The highest BCUT2D eigenvalue weighted by Gasteiger charge is 2.24. The van der Waals surface area contributed by atoms with E-state index in [9.17, 15) is 9.18 Å². The monoisotopic (exact) mass is 284 g/mol. The smallest absolute Gasteiger partial charge is 0.256 e. The second-order valence-corrected chi connectivity index (χ2v) is 5.26. The molecule has 0 aliphatic carbocycles. The Morgan fingerprint density at radius 2 is 2.21 bits per heavy atom. The van der Waals surface area contributed by atoms with E-state index in [0.29, 0.717) is 0 Å². The van der Waals surface area contributed by atoms with E-state index >= 15 is 0 Å². The average Bonchev–Trinajstić information content (AvgIpc) is 2.69. The Bertz CT molecular complexity index is 459. The Hall–Kier alpha value is -1.13. The van der Waals surface area contributed by atoms with Crippen LogP contribution in [0.4, 0.5) is 4.39 Å². The SMILES string of the molecule is CN(C(=O)c1cccc(Cl)c1F)C1CCCNCC1. The highest BCUT2D eigenvalue weighted by atomic mass is 35.5. The van der Waals surface area contributed by atoms with Gasteiger partial charge >= 0.3 is 0 Å². The zero-order valence-electron chi connectivity index (χ0n) is 11.0. The highest BCUT2D eigenvalue weighted by Crippen LogP contribution is 2.21. The molecule has 0 bridgehead atoms. The van der Waals surface area contributed by atoms with E-state index in [2.05, 4.69) is 5.32 Å². The van der Waals surface area contributed by atoms with Crippen molar-refractivity contribution in [2.24, 2.45) is 0 Å². The lowest BCUT2D eigenvalue weighted by atomic mass is 10.1. The van der Waals surface area contributed by atoms with Gasteiger partial charge in [0.2, 0.25) is 0 Å². The van der Waals surface area contributed by atoms with Crippen LogP contribution in [0, 0.1) is 5.82 Å². The summed E-state index contributed by atoms with van der Waals surface area (Å²) < 4.78 is 13.9. The number of carbonyl (C=O) groups excluding carboxylic acids is 1. The molecule has 1 unspecified atom stereocenters. The Kier molecular flexibility index (Phi) is 4.77. The number of nitrogens with zero attached hydrogens (tertiary/aromatic N) is 1. The Balaban J connectivity index is 2.15. The van der Waals surface area contributed by atoms with Gasteiger partial charge in [-0.05, 0) is 44.5 Å². The predicted molar refractivity (Wildman–Crippen MR) is 74.0 cm³/mol. The standard InChI is InChI=1S/C14H18ClFN2O/c1-18(10-4-3-8-17-9-7-10)14(19)11-5-2-6-12(15)13(11)16/h2,5-6,10,17H,3-4,7-9H2,1H3. The molecule has 1 amide bonds. The Morgan fingerprint density at radius 1 is 1.42 bits per heavy atom. The molecule has 0 spiro atoms. The van der Waals surface area contributed by atoms with Gasteiger partial charge in [0.1, 0.15) is 0 Å². The molecule has 0 saturated carbocycles. The van der Waals surface area contributed by atoms with Gasteiger partial charge in [0, 0.05) is 13.1 Å². The van der Waals surface area contributed by atoms with Crippen molar-refractivity contribution in [3.8, 4) is 0 Å². The number of hydrogen-bond donors (Lipinski definition) is 1. The molecule has 3 nitrogen and oxygen atoms in total. The zero-order chi connectivity index (χ0) is 13.8. The van der Waals surface area contributed by atoms with Crippen molar-refractivity contribution in [3.05, 3.63) is 34.6 Å². The molecule has 19 heavy (non-hydrogen) atoms. The summed E-state index contributed by atoms with van der Waals surface area (Å²) in [5.74, 6) is -0.931. The Morgan fingerprint density at radius 3 is 3.00 bits per heavy atom. The first-order valence-electron chi connectivity index (χ1n) is 6.53. The third-order valence-corrected chi connectivity index (χ3v) is 3.89. The summed E-state index contributed by atoms with van der Waals surface area (Å²) in [5.41, 5.74) is 0.0483. The third-order valence-electron chi connectivity index (χ3n) is 3.60. The van der Waals surface area contributed by atoms with Crippen LogP contribution in [0.1, 0.15) is 29.6 Å². The van der Waals surface area contributed by atoms with E-state index in [-0.39, 0.29) is 22.5 Å². The minimum atomic E-state index is -0.632. The summed E-state index contributed by atoms with van der Waals surface area (Å²) >= 11 is 5.72. The van der Waals surface area contributed by atoms with E-state index < -0.39 is 5.82 Å². The average molecular weight is 285 g/mol. The van der Waals surface area contributed by atoms with Gasteiger partial charge < -0.3 is 10.2 Å². The van der Waals surface area contributed by atoms with E-state index in [1.807, 2.05) is 0 Å². The second kappa shape index (κ2) is 6.35. The molecular formula is C14H18ClFN2O. The molecule has 1 fully saturated rings. The van der Waals surface area contributed by atoms with E-state index in [4.69, 9.17) is 11.6 Å². The summed E-state index contributed by atoms with van der Waals surface area (Å²) in [6, 6.07) is 4.68. The van der Waals surface area contributed by atoms with E-state index in [0.717, 1.165) is 32.4 Å². The fourth-order valence-electron chi connectivity index (χ4n) is 2.41. The molecule has 1 aromatic carbocycles. The van der Waals surface area contributed by atoms with Crippen LogP contribution in [-0.4, -0.2) is 37.0 Å². The quantitative estimate of drug-likeness (QED) is 0.906. The molecule has 0 radical (unpaired) electrons. The first-order valence-corrected chi connectivity index (χ1v) is 6.91. The number of rotatable bonds is 2. The van der Waals surface area contributed by atoms with Crippen molar-refractivity contribution in [3.63, 3.8) is 0 Å². The van der Waals surface area contributed by atoms with Crippen molar-refractivity contribution in [2.45, 2.75) is 25.3 Å². The first-order chi connectivity index (χ1) is 9.11. The lowest BCUT2D eigenvalue weighted by Gasteiger charge is -2.27. The maximum absolute atomic E-state index is 13.9. The minimum Gasteiger partial charge on any atom is -0.339 e. The molecule has 1 aliphatic heterocycles. The van der Waals surface area contributed by atoms with Gasteiger partial charge in [-0.1, -0.05) is 17.7 Å². The number of hydrogen-bond acceptors (Lipinski definition) is 2.